The molecular formula is C7H16N2O4S. The largest absolute Gasteiger partial charge is 0.338 e. The molecular weight excluding hydrogens is 208 g/mol. The van der Waals surface area contributed by atoms with Crippen molar-refractivity contribution < 1.29 is 17.8 Å². The molecule has 0 aliphatic heterocycles. The minimum absolute atomic E-state index is 0.207. The molecule has 0 atom stereocenters. The first kappa shape index (κ1) is 13.2. The summed E-state index contributed by atoms with van der Waals surface area (Å²) in [6.07, 6.45) is 1.05. The number of hydrogen-bond acceptors (Lipinski definition) is 3. The lowest BCUT2D eigenvalue weighted by atomic mass is 10.5. The fourth-order valence-electron chi connectivity index (χ4n) is 0.758. The van der Waals surface area contributed by atoms with Crippen LogP contribution < -0.4 is 10.6 Å². The van der Waals surface area contributed by atoms with Crippen molar-refractivity contribution in [2.75, 3.05) is 18.8 Å². The summed E-state index contributed by atoms with van der Waals surface area (Å²) in [6, 6.07) is -0.317. The zero-order valence-electron chi connectivity index (χ0n) is 8.12. The number of carbonyl (C=O) groups is 1. The van der Waals surface area contributed by atoms with E-state index in [-0.39, 0.29) is 24.7 Å². The van der Waals surface area contributed by atoms with Crippen molar-refractivity contribution in [3.63, 3.8) is 0 Å². The molecule has 0 saturated heterocycles. The molecule has 6 nitrogen and oxygen atoms in total. The number of rotatable bonds is 6. The van der Waals surface area contributed by atoms with Crippen LogP contribution in [0.25, 0.3) is 0 Å². The van der Waals surface area contributed by atoms with E-state index in [1.807, 2.05) is 6.92 Å². The first-order valence-electron chi connectivity index (χ1n) is 4.42. The molecule has 0 aliphatic carbocycles. The summed E-state index contributed by atoms with van der Waals surface area (Å²) in [5.41, 5.74) is 0. The van der Waals surface area contributed by atoms with Crippen LogP contribution in [-0.4, -0.2) is 37.8 Å². The fraction of sp³-hybridized carbons (Fsp3) is 0.857. The molecule has 0 spiro atoms. The highest BCUT2D eigenvalue weighted by atomic mass is 32.2. The average molecular weight is 224 g/mol. The van der Waals surface area contributed by atoms with Gasteiger partial charge in [-0.2, -0.15) is 8.42 Å². The maximum Gasteiger partial charge on any atom is 0.314 e. The number of amides is 2. The Morgan fingerprint density at radius 1 is 1.29 bits per heavy atom. The predicted molar refractivity (Wildman–Crippen MR) is 52.7 cm³/mol. The Bertz CT molecular complexity index is 263. The van der Waals surface area contributed by atoms with Gasteiger partial charge in [-0.3, -0.25) is 4.55 Å². The van der Waals surface area contributed by atoms with E-state index in [4.69, 9.17) is 4.55 Å². The highest BCUT2D eigenvalue weighted by molar-refractivity contribution is 7.85. The quantitative estimate of drug-likeness (QED) is 0.436. The van der Waals surface area contributed by atoms with E-state index in [1.165, 1.54) is 0 Å². The first-order chi connectivity index (χ1) is 6.45. The summed E-state index contributed by atoms with van der Waals surface area (Å²) in [6.45, 7) is 2.75. The standard InChI is InChI=1S/C7H16N2O4S/c1-2-4-8-7(10)9-5-3-6-14(11,12)13/h2-6H2,1H3,(H2,8,9,10)(H,11,12,13). The Hall–Kier alpha value is -0.820. The molecule has 0 aliphatic rings. The topological polar surface area (TPSA) is 95.5 Å². The molecule has 0 aromatic rings. The van der Waals surface area contributed by atoms with Gasteiger partial charge in [-0.05, 0) is 12.8 Å². The van der Waals surface area contributed by atoms with Crippen LogP contribution in [-0.2, 0) is 10.1 Å². The lowest BCUT2D eigenvalue weighted by molar-refractivity contribution is 0.241. The molecule has 0 rings (SSSR count). The molecule has 0 saturated carbocycles. The molecule has 0 radical (unpaired) electrons. The highest BCUT2D eigenvalue weighted by Gasteiger charge is 2.04. The number of nitrogens with one attached hydrogen (secondary N) is 2. The molecule has 7 heteroatoms. The summed E-state index contributed by atoms with van der Waals surface area (Å²) in [5, 5.41) is 5.03. The summed E-state index contributed by atoms with van der Waals surface area (Å²) in [5.74, 6) is -0.332. The van der Waals surface area contributed by atoms with E-state index >= 15 is 0 Å². The van der Waals surface area contributed by atoms with Crippen LogP contribution in [0.15, 0.2) is 0 Å². The second-order valence-electron chi connectivity index (χ2n) is 2.82. The zero-order chi connectivity index (χ0) is 11.0. The van der Waals surface area contributed by atoms with Gasteiger partial charge < -0.3 is 10.6 Å². The zero-order valence-corrected chi connectivity index (χ0v) is 8.93. The third kappa shape index (κ3) is 9.27. The second-order valence-corrected chi connectivity index (χ2v) is 4.39. The molecule has 0 aromatic heterocycles. The molecule has 2 amide bonds. The molecule has 0 fully saturated rings. The normalized spacial score (nSPS) is 11.0. The second kappa shape index (κ2) is 6.61. The van der Waals surface area contributed by atoms with Gasteiger partial charge in [-0.25, -0.2) is 4.79 Å². The predicted octanol–water partition coefficient (Wildman–Crippen LogP) is -0.0265. The van der Waals surface area contributed by atoms with E-state index in [0.717, 1.165) is 6.42 Å². The highest BCUT2D eigenvalue weighted by Crippen LogP contribution is 1.86. The van der Waals surface area contributed by atoms with Crippen LogP contribution in [0.1, 0.15) is 19.8 Å². The van der Waals surface area contributed by atoms with Gasteiger partial charge in [0.05, 0.1) is 5.75 Å². The van der Waals surface area contributed by atoms with Gasteiger partial charge in [-0.1, -0.05) is 6.92 Å². The van der Waals surface area contributed by atoms with Gasteiger partial charge in [0.2, 0.25) is 0 Å². The molecule has 0 bridgehead atoms. The van der Waals surface area contributed by atoms with Gasteiger partial charge >= 0.3 is 6.03 Å². The Balaban J connectivity index is 3.41. The van der Waals surface area contributed by atoms with Crippen LogP contribution in [0.3, 0.4) is 0 Å². The van der Waals surface area contributed by atoms with Gasteiger partial charge in [-0.15, -0.1) is 0 Å². The first-order valence-corrected chi connectivity index (χ1v) is 6.03. The van der Waals surface area contributed by atoms with E-state index in [0.29, 0.717) is 6.54 Å². The van der Waals surface area contributed by atoms with Crippen LogP contribution in [0, 0.1) is 0 Å². The molecule has 0 heterocycles. The molecule has 3 N–H and O–H groups in total. The molecule has 0 unspecified atom stereocenters. The van der Waals surface area contributed by atoms with Crippen molar-refractivity contribution in [1.82, 2.24) is 10.6 Å². The summed E-state index contributed by atoms with van der Waals surface area (Å²) >= 11 is 0. The van der Waals surface area contributed by atoms with Crippen molar-refractivity contribution in [3.05, 3.63) is 0 Å². The minimum atomic E-state index is -3.91. The Morgan fingerprint density at radius 2 is 1.86 bits per heavy atom. The van der Waals surface area contributed by atoms with Crippen LogP contribution in [0.5, 0.6) is 0 Å². The van der Waals surface area contributed by atoms with Crippen LogP contribution in [0.2, 0.25) is 0 Å². The van der Waals surface area contributed by atoms with Gasteiger partial charge in [0.25, 0.3) is 10.1 Å². The smallest absolute Gasteiger partial charge is 0.314 e. The monoisotopic (exact) mass is 224 g/mol. The van der Waals surface area contributed by atoms with Crippen molar-refractivity contribution in [2.24, 2.45) is 0 Å². The number of hydrogen-bond donors (Lipinski definition) is 3. The summed E-state index contributed by atoms with van der Waals surface area (Å²) in [4.78, 5) is 10.9. The molecule has 0 aromatic carbocycles. The van der Waals surface area contributed by atoms with Gasteiger partial charge in [0, 0.05) is 13.1 Å². The van der Waals surface area contributed by atoms with Crippen molar-refractivity contribution in [1.29, 1.82) is 0 Å². The van der Waals surface area contributed by atoms with E-state index in [2.05, 4.69) is 10.6 Å². The lowest BCUT2D eigenvalue weighted by Crippen LogP contribution is -2.36. The Morgan fingerprint density at radius 3 is 2.36 bits per heavy atom. The van der Waals surface area contributed by atoms with Crippen molar-refractivity contribution >= 4 is 16.1 Å². The lowest BCUT2D eigenvalue weighted by Gasteiger charge is -2.05. The van der Waals surface area contributed by atoms with E-state index in [1.54, 1.807) is 0 Å². The molecule has 84 valence electrons. The maximum absolute atomic E-state index is 10.9. The van der Waals surface area contributed by atoms with Gasteiger partial charge in [0.1, 0.15) is 0 Å². The van der Waals surface area contributed by atoms with Crippen molar-refractivity contribution in [2.45, 2.75) is 19.8 Å². The molecule has 14 heavy (non-hydrogen) atoms. The average Bonchev–Trinajstić information content (AvgIpc) is 2.07. The van der Waals surface area contributed by atoms with Gasteiger partial charge in [0.15, 0.2) is 0 Å². The number of urea groups is 1. The van der Waals surface area contributed by atoms with Crippen molar-refractivity contribution in [3.8, 4) is 0 Å². The Labute approximate surface area is 83.8 Å². The number of carbonyl (C=O) groups excluding carboxylic acids is 1. The van der Waals surface area contributed by atoms with Crippen LogP contribution in [0.4, 0.5) is 4.79 Å². The van der Waals surface area contributed by atoms with E-state index < -0.39 is 10.1 Å². The Kier molecular flexibility index (Phi) is 6.22. The fourth-order valence-corrected chi connectivity index (χ4v) is 1.27. The van der Waals surface area contributed by atoms with Crippen LogP contribution >= 0.6 is 0 Å². The summed E-state index contributed by atoms with van der Waals surface area (Å²) < 4.78 is 28.9. The summed E-state index contributed by atoms with van der Waals surface area (Å²) in [7, 11) is -3.91. The SMILES string of the molecule is CCCNC(=O)NCCCS(=O)(=O)O. The maximum atomic E-state index is 10.9. The van der Waals surface area contributed by atoms with E-state index in [9.17, 15) is 13.2 Å². The minimum Gasteiger partial charge on any atom is -0.338 e. The third-order valence-electron chi connectivity index (χ3n) is 1.40. The third-order valence-corrected chi connectivity index (χ3v) is 2.20.